The molecule has 6 heteroatoms. The Labute approximate surface area is 141 Å². The fourth-order valence-corrected chi connectivity index (χ4v) is 2.88. The van der Waals surface area contributed by atoms with Gasteiger partial charge in [0.15, 0.2) is 5.76 Å². The maximum atomic E-state index is 12.2. The quantitative estimate of drug-likeness (QED) is 0.879. The second-order valence-electron chi connectivity index (χ2n) is 5.63. The molecule has 1 aliphatic rings. The van der Waals surface area contributed by atoms with Gasteiger partial charge in [-0.1, -0.05) is 12.1 Å². The van der Waals surface area contributed by atoms with E-state index >= 15 is 0 Å². The largest absolute Gasteiger partial charge is 0.497 e. The molecule has 0 radical (unpaired) electrons. The lowest BCUT2D eigenvalue weighted by atomic mass is 10.0. The van der Waals surface area contributed by atoms with Crippen LogP contribution in [0.4, 0.5) is 0 Å². The predicted molar refractivity (Wildman–Crippen MR) is 89.2 cm³/mol. The Kier molecular flexibility index (Phi) is 5.51. The summed E-state index contributed by atoms with van der Waals surface area (Å²) in [6.45, 7) is 3.56. The van der Waals surface area contributed by atoms with Gasteiger partial charge in [0.05, 0.1) is 32.6 Å². The molecule has 6 nitrogen and oxygen atoms in total. The number of furan rings is 1. The number of methoxy groups -OCH3 is 1. The highest BCUT2D eigenvalue weighted by Gasteiger charge is 2.24. The first-order valence-corrected chi connectivity index (χ1v) is 8.05. The lowest BCUT2D eigenvalue weighted by Crippen LogP contribution is -2.43. The minimum atomic E-state index is -0.207. The van der Waals surface area contributed by atoms with Crippen LogP contribution in [0.1, 0.15) is 22.2 Å². The molecule has 1 amide bonds. The van der Waals surface area contributed by atoms with E-state index in [1.54, 1.807) is 19.2 Å². The summed E-state index contributed by atoms with van der Waals surface area (Å²) in [7, 11) is 1.65. The summed E-state index contributed by atoms with van der Waals surface area (Å²) >= 11 is 0. The monoisotopic (exact) mass is 330 g/mol. The van der Waals surface area contributed by atoms with Gasteiger partial charge in [0, 0.05) is 19.6 Å². The maximum Gasteiger partial charge on any atom is 0.287 e. The third kappa shape index (κ3) is 3.96. The molecule has 1 fully saturated rings. The molecule has 3 rings (SSSR count). The van der Waals surface area contributed by atoms with Crippen molar-refractivity contribution >= 4 is 5.91 Å². The van der Waals surface area contributed by atoms with E-state index in [1.807, 2.05) is 18.2 Å². The molecule has 24 heavy (non-hydrogen) atoms. The number of carbonyl (C=O) groups is 1. The van der Waals surface area contributed by atoms with Crippen molar-refractivity contribution in [3.8, 4) is 5.75 Å². The van der Waals surface area contributed by atoms with Crippen molar-refractivity contribution < 1.29 is 18.7 Å². The van der Waals surface area contributed by atoms with Crippen LogP contribution >= 0.6 is 0 Å². The zero-order valence-electron chi connectivity index (χ0n) is 13.7. The standard InChI is InChI=1S/C18H22N2O4/c1-22-15-5-2-4-14(12-15)16(20-7-10-23-11-8-20)13-19-18(21)17-6-3-9-24-17/h2-6,9,12,16H,7-8,10-11,13H2,1H3,(H,19,21)/t16-/m0/s1. The molecule has 0 spiro atoms. The van der Waals surface area contributed by atoms with Crippen LogP contribution in [0.5, 0.6) is 5.75 Å². The first-order valence-electron chi connectivity index (χ1n) is 8.05. The van der Waals surface area contributed by atoms with Crippen molar-refractivity contribution in [1.29, 1.82) is 0 Å². The van der Waals surface area contributed by atoms with Crippen LogP contribution in [0.25, 0.3) is 0 Å². The highest BCUT2D eigenvalue weighted by molar-refractivity contribution is 5.91. The van der Waals surface area contributed by atoms with Crippen LogP contribution in [-0.4, -0.2) is 50.8 Å². The number of carbonyl (C=O) groups excluding carboxylic acids is 1. The zero-order chi connectivity index (χ0) is 16.8. The van der Waals surface area contributed by atoms with Crippen LogP contribution in [0, 0.1) is 0 Å². The van der Waals surface area contributed by atoms with Crippen LogP contribution < -0.4 is 10.1 Å². The molecule has 0 aliphatic carbocycles. The van der Waals surface area contributed by atoms with Crippen molar-refractivity contribution in [3.05, 3.63) is 54.0 Å². The van der Waals surface area contributed by atoms with Crippen molar-refractivity contribution in [1.82, 2.24) is 10.2 Å². The third-order valence-corrected chi connectivity index (χ3v) is 4.17. The Balaban J connectivity index is 1.75. The second kappa shape index (κ2) is 7.99. The third-order valence-electron chi connectivity index (χ3n) is 4.17. The Morgan fingerprint density at radius 2 is 2.12 bits per heavy atom. The molecule has 1 aromatic heterocycles. The van der Waals surface area contributed by atoms with Crippen LogP contribution in [-0.2, 0) is 4.74 Å². The van der Waals surface area contributed by atoms with Gasteiger partial charge in [-0.15, -0.1) is 0 Å². The average Bonchev–Trinajstić information content (AvgIpc) is 3.18. The summed E-state index contributed by atoms with van der Waals surface area (Å²) in [5.74, 6) is 0.922. The van der Waals surface area contributed by atoms with E-state index in [4.69, 9.17) is 13.9 Å². The fourth-order valence-electron chi connectivity index (χ4n) is 2.88. The SMILES string of the molecule is COc1cccc([C@H](CNC(=O)c2ccco2)N2CCOCC2)c1. The zero-order valence-corrected chi connectivity index (χ0v) is 13.7. The molecule has 0 saturated carbocycles. The summed E-state index contributed by atoms with van der Waals surface area (Å²) in [6.07, 6.45) is 1.50. The van der Waals surface area contributed by atoms with Crippen LogP contribution in [0.3, 0.4) is 0 Å². The minimum absolute atomic E-state index is 0.0583. The van der Waals surface area contributed by atoms with E-state index in [2.05, 4.69) is 16.3 Å². The normalized spacial score (nSPS) is 16.5. The van der Waals surface area contributed by atoms with Crippen molar-refractivity contribution in [3.63, 3.8) is 0 Å². The molecule has 2 heterocycles. The number of hydrogen-bond acceptors (Lipinski definition) is 5. The van der Waals surface area contributed by atoms with Gasteiger partial charge in [-0.05, 0) is 29.8 Å². The molecule has 1 N–H and O–H groups in total. The highest BCUT2D eigenvalue weighted by atomic mass is 16.5. The van der Waals surface area contributed by atoms with E-state index in [9.17, 15) is 4.79 Å². The topological polar surface area (TPSA) is 63.9 Å². The lowest BCUT2D eigenvalue weighted by Gasteiger charge is -2.35. The summed E-state index contributed by atoms with van der Waals surface area (Å²) in [5.41, 5.74) is 1.11. The number of nitrogens with one attached hydrogen (secondary N) is 1. The van der Waals surface area contributed by atoms with E-state index in [0.717, 1.165) is 24.4 Å². The summed E-state index contributed by atoms with van der Waals surface area (Å²) < 4.78 is 15.9. The van der Waals surface area contributed by atoms with Crippen molar-refractivity contribution in [2.75, 3.05) is 40.0 Å². The van der Waals surface area contributed by atoms with Crippen LogP contribution in [0.15, 0.2) is 47.1 Å². The van der Waals surface area contributed by atoms with Crippen molar-refractivity contribution in [2.45, 2.75) is 6.04 Å². The summed E-state index contributed by atoms with van der Waals surface area (Å²) in [4.78, 5) is 14.5. The Morgan fingerprint density at radius 1 is 1.29 bits per heavy atom. The van der Waals surface area contributed by atoms with Crippen LogP contribution in [0.2, 0.25) is 0 Å². The molecule has 1 atom stereocenters. The first kappa shape index (κ1) is 16.5. The molecule has 128 valence electrons. The van der Waals surface area contributed by atoms with E-state index in [1.165, 1.54) is 6.26 Å². The first-order chi connectivity index (χ1) is 11.8. The molecule has 0 bridgehead atoms. The lowest BCUT2D eigenvalue weighted by molar-refractivity contribution is 0.0161. The van der Waals surface area contributed by atoms with E-state index in [-0.39, 0.29) is 11.9 Å². The summed E-state index contributed by atoms with van der Waals surface area (Å²) in [5, 5.41) is 2.96. The molecule has 0 unspecified atom stereocenters. The number of ether oxygens (including phenoxy) is 2. The van der Waals surface area contributed by atoms with Gasteiger partial charge in [-0.3, -0.25) is 9.69 Å². The van der Waals surface area contributed by atoms with Gasteiger partial charge in [0.25, 0.3) is 5.91 Å². The number of nitrogens with zero attached hydrogens (tertiary/aromatic N) is 1. The number of hydrogen-bond donors (Lipinski definition) is 1. The van der Waals surface area contributed by atoms with Gasteiger partial charge in [-0.2, -0.15) is 0 Å². The van der Waals surface area contributed by atoms with E-state index < -0.39 is 0 Å². The molecule has 1 aromatic carbocycles. The number of benzene rings is 1. The van der Waals surface area contributed by atoms with Gasteiger partial charge in [-0.25, -0.2) is 0 Å². The van der Waals surface area contributed by atoms with Gasteiger partial charge >= 0.3 is 0 Å². The smallest absolute Gasteiger partial charge is 0.287 e. The maximum absolute atomic E-state index is 12.2. The van der Waals surface area contributed by atoms with Gasteiger partial charge in [0.1, 0.15) is 5.75 Å². The Bertz CT molecular complexity index is 651. The molecule has 1 saturated heterocycles. The molecular formula is C18H22N2O4. The number of rotatable bonds is 6. The van der Waals surface area contributed by atoms with Crippen molar-refractivity contribution in [2.24, 2.45) is 0 Å². The Morgan fingerprint density at radius 3 is 2.83 bits per heavy atom. The number of morpholine rings is 1. The summed E-state index contributed by atoms with van der Waals surface area (Å²) in [6, 6.07) is 11.4. The Hall–Kier alpha value is -2.31. The molecular weight excluding hydrogens is 308 g/mol. The van der Waals surface area contributed by atoms with E-state index in [0.29, 0.717) is 25.5 Å². The molecule has 2 aromatic rings. The fraction of sp³-hybridized carbons (Fsp3) is 0.389. The predicted octanol–water partition coefficient (Wildman–Crippen LogP) is 2.09. The highest BCUT2D eigenvalue weighted by Crippen LogP contribution is 2.25. The van der Waals surface area contributed by atoms with Gasteiger partial charge in [0.2, 0.25) is 0 Å². The average molecular weight is 330 g/mol. The van der Waals surface area contributed by atoms with Gasteiger partial charge < -0.3 is 19.2 Å². The number of amides is 1. The molecule has 1 aliphatic heterocycles. The second-order valence-corrected chi connectivity index (χ2v) is 5.63. The minimum Gasteiger partial charge on any atom is -0.497 e.